The van der Waals surface area contributed by atoms with Crippen molar-refractivity contribution in [2.75, 3.05) is 26.0 Å². The number of nitrogens with one attached hydrogen (secondary N) is 1. The van der Waals surface area contributed by atoms with E-state index < -0.39 is 5.97 Å². The molecule has 0 radical (unpaired) electrons. The van der Waals surface area contributed by atoms with Gasteiger partial charge in [-0.15, -0.1) is 0 Å². The molecule has 1 aliphatic rings. The first-order chi connectivity index (χ1) is 9.42. The van der Waals surface area contributed by atoms with Crippen LogP contribution in [0.2, 0.25) is 0 Å². The van der Waals surface area contributed by atoms with E-state index in [1.165, 1.54) is 12.0 Å². The van der Waals surface area contributed by atoms with E-state index in [1.54, 1.807) is 14.0 Å². The molecule has 1 atom stereocenters. The van der Waals surface area contributed by atoms with E-state index in [0.717, 1.165) is 11.3 Å². The molecule has 0 aliphatic carbocycles. The Morgan fingerprint density at radius 2 is 2.20 bits per heavy atom. The van der Waals surface area contributed by atoms with E-state index in [2.05, 4.69) is 15.0 Å². The van der Waals surface area contributed by atoms with E-state index in [0.29, 0.717) is 22.2 Å². The number of rotatable bonds is 3. The van der Waals surface area contributed by atoms with Crippen LogP contribution in [0.4, 0.5) is 5.13 Å². The molecule has 0 saturated carbocycles. The molecule has 0 spiro atoms. The van der Waals surface area contributed by atoms with Crippen molar-refractivity contribution in [1.29, 1.82) is 0 Å². The highest BCUT2D eigenvalue weighted by atomic mass is 32.1. The van der Waals surface area contributed by atoms with Gasteiger partial charge in [0, 0.05) is 20.0 Å². The largest absolute Gasteiger partial charge is 0.465 e. The maximum Gasteiger partial charge on any atom is 0.350 e. The van der Waals surface area contributed by atoms with Gasteiger partial charge in [0.15, 0.2) is 5.13 Å². The lowest BCUT2D eigenvalue weighted by Gasteiger charge is -2.09. The van der Waals surface area contributed by atoms with Crippen molar-refractivity contribution in [2.45, 2.75) is 13.3 Å². The van der Waals surface area contributed by atoms with Crippen LogP contribution in [0.1, 0.15) is 21.8 Å². The van der Waals surface area contributed by atoms with Gasteiger partial charge in [-0.1, -0.05) is 11.3 Å². The van der Waals surface area contributed by atoms with Gasteiger partial charge in [-0.2, -0.15) is 0 Å². The van der Waals surface area contributed by atoms with E-state index in [-0.39, 0.29) is 24.2 Å². The van der Waals surface area contributed by atoms with Crippen LogP contribution in [0.25, 0.3) is 0 Å². The van der Waals surface area contributed by atoms with Crippen molar-refractivity contribution in [3.8, 4) is 0 Å². The Balaban J connectivity index is 2.05. The smallest absolute Gasteiger partial charge is 0.350 e. The monoisotopic (exact) mass is 297 g/mol. The second kappa shape index (κ2) is 5.58. The Bertz CT molecular complexity index is 569. The highest BCUT2D eigenvalue weighted by Gasteiger charge is 2.32. The number of thiazole rings is 1. The lowest BCUT2D eigenvalue weighted by Crippen LogP contribution is -2.25. The van der Waals surface area contributed by atoms with Gasteiger partial charge in [-0.3, -0.25) is 9.59 Å². The van der Waals surface area contributed by atoms with E-state index in [9.17, 15) is 14.4 Å². The molecule has 1 aromatic heterocycles. The van der Waals surface area contributed by atoms with Gasteiger partial charge in [0.05, 0.1) is 18.7 Å². The van der Waals surface area contributed by atoms with Crippen LogP contribution >= 0.6 is 11.3 Å². The fourth-order valence-electron chi connectivity index (χ4n) is 1.98. The first kappa shape index (κ1) is 14.4. The van der Waals surface area contributed by atoms with Crippen LogP contribution in [0.5, 0.6) is 0 Å². The summed E-state index contributed by atoms with van der Waals surface area (Å²) in [7, 11) is 2.96. The van der Waals surface area contributed by atoms with Crippen molar-refractivity contribution in [3.63, 3.8) is 0 Å². The van der Waals surface area contributed by atoms with Gasteiger partial charge in [0.1, 0.15) is 4.88 Å². The lowest BCUT2D eigenvalue weighted by molar-refractivity contribution is -0.127. The molecule has 7 nitrogen and oxygen atoms in total. The number of hydrogen-bond donors (Lipinski definition) is 1. The van der Waals surface area contributed by atoms with Crippen LogP contribution < -0.4 is 5.32 Å². The summed E-state index contributed by atoms with van der Waals surface area (Å²) in [5.41, 5.74) is 0.511. The predicted octanol–water partition coefficient (Wildman–Crippen LogP) is 0.655. The Kier molecular flexibility index (Phi) is 4.03. The Labute approximate surface area is 119 Å². The van der Waals surface area contributed by atoms with Gasteiger partial charge < -0.3 is 15.0 Å². The SMILES string of the molecule is COC(=O)c1sc(NC(=O)[C@@H]2CC(=O)N(C)C2)nc1C. The summed E-state index contributed by atoms with van der Waals surface area (Å²) in [5, 5.41) is 2.99. The first-order valence-corrected chi connectivity index (χ1v) is 6.84. The average molecular weight is 297 g/mol. The number of aryl methyl sites for hydroxylation is 1. The number of amides is 2. The van der Waals surface area contributed by atoms with Crippen molar-refractivity contribution in [3.05, 3.63) is 10.6 Å². The highest BCUT2D eigenvalue weighted by molar-refractivity contribution is 7.17. The third-order valence-electron chi connectivity index (χ3n) is 3.11. The minimum absolute atomic E-state index is 0.0456. The molecule has 20 heavy (non-hydrogen) atoms. The maximum atomic E-state index is 12.0. The molecule has 1 N–H and O–H groups in total. The molecule has 0 aromatic carbocycles. The number of methoxy groups -OCH3 is 1. The number of carbonyl (C=O) groups is 3. The topological polar surface area (TPSA) is 88.6 Å². The predicted molar refractivity (Wildman–Crippen MR) is 72.6 cm³/mol. The fourth-order valence-corrected chi connectivity index (χ4v) is 2.87. The quantitative estimate of drug-likeness (QED) is 0.828. The summed E-state index contributed by atoms with van der Waals surface area (Å²) in [6, 6.07) is 0. The molecule has 2 rings (SSSR count). The summed E-state index contributed by atoms with van der Waals surface area (Å²) in [6.07, 6.45) is 0.205. The lowest BCUT2D eigenvalue weighted by atomic mass is 10.1. The minimum Gasteiger partial charge on any atom is -0.465 e. The molecule has 108 valence electrons. The van der Waals surface area contributed by atoms with Crippen LogP contribution in [0, 0.1) is 12.8 Å². The molecule has 0 bridgehead atoms. The van der Waals surface area contributed by atoms with Crippen molar-refractivity contribution >= 4 is 34.3 Å². The van der Waals surface area contributed by atoms with Crippen molar-refractivity contribution in [2.24, 2.45) is 5.92 Å². The van der Waals surface area contributed by atoms with E-state index in [1.807, 2.05) is 0 Å². The third-order valence-corrected chi connectivity index (χ3v) is 4.16. The Hall–Kier alpha value is -1.96. The zero-order valence-electron chi connectivity index (χ0n) is 11.4. The normalized spacial score (nSPS) is 18.2. The van der Waals surface area contributed by atoms with Gasteiger partial charge in [0.25, 0.3) is 0 Å². The van der Waals surface area contributed by atoms with Gasteiger partial charge >= 0.3 is 5.97 Å². The van der Waals surface area contributed by atoms with Crippen LogP contribution in [0.3, 0.4) is 0 Å². The van der Waals surface area contributed by atoms with E-state index in [4.69, 9.17) is 0 Å². The van der Waals surface area contributed by atoms with Gasteiger partial charge in [-0.25, -0.2) is 9.78 Å². The number of aromatic nitrogens is 1. The average Bonchev–Trinajstić information content (AvgIpc) is 2.92. The number of nitrogens with zero attached hydrogens (tertiary/aromatic N) is 2. The molecule has 2 heterocycles. The molecule has 8 heteroatoms. The second-order valence-corrected chi connectivity index (χ2v) is 5.59. The highest BCUT2D eigenvalue weighted by Crippen LogP contribution is 2.25. The Morgan fingerprint density at radius 1 is 1.50 bits per heavy atom. The van der Waals surface area contributed by atoms with Crippen LogP contribution in [-0.4, -0.2) is 48.4 Å². The zero-order chi connectivity index (χ0) is 14.9. The number of anilines is 1. The van der Waals surface area contributed by atoms with Gasteiger partial charge in [-0.05, 0) is 6.92 Å². The van der Waals surface area contributed by atoms with Crippen LogP contribution in [0.15, 0.2) is 0 Å². The summed E-state index contributed by atoms with van der Waals surface area (Å²) in [5.74, 6) is -1.15. The number of carbonyl (C=O) groups excluding carboxylic acids is 3. The number of ether oxygens (including phenoxy) is 1. The molecule has 0 unspecified atom stereocenters. The Morgan fingerprint density at radius 3 is 2.75 bits per heavy atom. The molecule has 1 fully saturated rings. The zero-order valence-corrected chi connectivity index (χ0v) is 12.2. The molecule has 1 aliphatic heterocycles. The van der Waals surface area contributed by atoms with Crippen molar-refractivity contribution < 1.29 is 19.1 Å². The fraction of sp³-hybridized carbons (Fsp3) is 0.500. The summed E-state index contributed by atoms with van der Waals surface area (Å²) in [6.45, 7) is 2.07. The molecular formula is C12H15N3O4S. The molecule has 1 aromatic rings. The minimum atomic E-state index is -0.476. The standard InChI is InChI=1S/C12H15N3O4S/c1-6-9(11(18)19-3)20-12(13-6)14-10(17)7-4-8(16)15(2)5-7/h7H,4-5H2,1-3H3,(H,13,14,17)/t7-/m1/s1. The maximum absolute atomic E-state index is 12.0. The second-order valence-electron chi connectivity index (χ2n) is 4.59. The molecule has 2 amide bonds. The first-order valence-electron chi connectivity index (χ1n) is 6.03. The van der Waals surface area contributed by atoms with Crippen LogP contribution in [-0.2, 0) is 14.3 Å². The van der Waals surface area contributed by atoms with Crippen molar-refractivity contribution in [1.82, 2.24) is 9.88 Å². The summed E-state index contributed by atoms with van der Waals surface area (Å²) >= 11 is 1.06. The number of hydrogen-bond acceptors (Lipinski definition) is 6. The van der Waals surface area contributed by atoms with E-state index >= 15 is 0 Å². The summed E-state index contributed by atoms with van der Waals surface area (Å²) < 4.78 is 4.63. The number of esters is 1. The molecular weight excluding hydrogens is 282 g/mol. The summed E-state index contributed by atoms with van der Waals surface area (Å²) in [4.78, 5) is 40.9. The third kappa shape index (κ3) is 2.79. The number of likely N-dealkylation sites (tertiary alicyclic amines) is 1. The van der Waals surface area contributed by atoms with Gasteiger partial charge in [0.2, 0.25) is 11.8 Å². The molecule has 1 saturated heterocycles.